The molecule has 1 N–H and O–H groups in total. The molecule has 4 rings (SSSR count). The van der Waals surface area contributed by atoms with Gasteiger partial charge in [0.05, 0.1) is 12.7 Å². The molecule has 0 amide bonds. The first-order valence-corrected chi connectivity index (χ1v) is 9.93. The second kappa shape index (κ2) is 9.18. The van der Waals surface area contributed by atoms with Crippen LogP contribution < -0.4 is 9.47 Å². The summed E-state index contributed by atoms with van der Waals surface area (Å²) < 4.78 is 11.2. The molecule has 4 nitrogen and oxygen atoms in total. The summed E-state index contributed by atoms with van der Waals surface area (Å²) in [5.41, 5.74) is 2.05. The van der Waals surface area contributed by atoms with E-state index in [1.165, 1.54) is 12.1 Å². The molecule has 31 heavy (non-hydrogen) atoms. The van der Waals surface area contributed by atoms with Gasteiger partial charge >= 0.3 is 0 Å². The molecule has 0 aliphatic rings. The van der Waals surface area contributed by atoms with E-state index in [0.29, 0.717) is 18.1 Å². The van der Waals surface area contributed by atoms with Crippen LogP contribution in [0.2, 0.25) is 0 Å². The van der Waals surface area contributed by atoms with E-state index in [4.69, 9.17) is 9.47 Å². The molecule has 4 aromatic rings. The van der Waals surface area contributed by atoms with Crippen molar-refractivity contribution in [2.45, 2.75) is 6.61 Å². The number of methoxy groups -OCH3 is 1. The molecule has 4 heteroatoms. The van der Waals surface area contributed by atoms with Gasteiger partial charge in [0.2, 0.25) is 0 Å². The van der Waals surface area contributed by atoms with E-state index in [-0.39, 0.29) is 17.1 Å². The van der Waals surface area contributed by atoms with Crippen LogP contribution >= 0.6 is 0 Å². The second-order valence-electron chi connectivity index (χ2n) is 7.05. The number of hydrogen-bond acceptors (Lipinski definition) is 4. The topological polar surface area (TPSA) is 55.8 Å². The van der Waals surface area contributed by atoms with Crippen LogP contribution in [-0.4, -0.2) is 18.0 Å². The van der Waals surface area contributed by atoms with Crippen molar-refractivity contribution in [3.05, 3.63) is 108 Å². The first-order valence-electron chi connectivity index (χ1n) is 9.93. The van der Waals surface area contributed by atoms with E-state index in [1.54, 1.807) is 25.3 Å². The number of ketones is 1. The lowest BCUT2D eigenvalue weighted by molar-refractivity contribution is 0.104. The van der Waals surface area contributed by atoms with Crippen molar-refractivity contribution in [1.29, 1.82) is 0 Å². The largest absolute Gasteiger partial charge is 0.507 e. The van der Waals surface area contributed by atoms with Crippen molar-refractivity contribution in [2.75, 3.05) is 7.11 Å². The average molecular weight is 410 g/mol. The first kappa shape index (κ1) is 20.2. The van der Waals surface area contributed by atoms with E-state index >= 15 is 0 Å². The van der Waals surface area contributed by atoms with Crippen LogP contribution in [0.1, 0.15) is 21.5 Å². The summed E-state index contributed by atoms with van der Waals surface area (Å²) >= 11 is 0. The fraction of sp³-hybridized carbons (Fsp3) is 0.0741. The van der Waals surface area contributed by atoms with Crippen LogP contribution in [0.4, 0.5) is 0 Å². The predicted molar refractivity (Wildman–Crippen MR) is 123 cm³/mol. The van der Waals surface area contributed by atoms with Crippen LogP contribution in [0, 0.1) is 0 Å². The number of carbonyl (C=O) groups is 1. The molecule has 0 unspecified atom stereocenters. The summed E-state index contributed by atoms with van der Waals surface area (Å²) in [5.74, 6) is 0.751. The number of phenolic OH excluding ortho intramolecular Hbond substituents is 1. The summed E-state index contributed by atoms with van der Waals surface area (Å²) in [6.45, 7) is 0.383. The maximum absolute atomic E-state index is 12.7. The predicted octanol–water partition coefficient (Wildman–Crippen LogP) is 6.03. The van der Waals surface area contributed by atoms with Gasteiger partial charge in [-0.25, -0.2) is 0 Å². The molecule has 0 saturated carbocycles. The Morgan fingerprint density at radius 1 is 0.935 bits per heavy atom. The standard InChI is InChI=1S/C27H22O4/c1-30-27-16-11-20-9-5-6-10-22(20)23(27)14-15-25(28)24-13-12-21(17-26(24)29)31-18-19-7-3-2-4-8-19/h2-17,29H,18H2,1H3/b15-14+. The monoisotopic (exact) mass is 410 g/mol. The number of ether oxygens (including phenoxy) is 2. The highest BCUT2D eigenvalue weighted by Crippen LogP contribution is 2.30. The fourth-order valence-electron chi connectivity index (χ4n) is 3.42. The number of aromatic hydroxyl groups is 1. The molecule has 0 radical (unpaired) electrons. The highest BCUT2D eigenvalue weighted by molar-refractivity contribution is 6.09. The highest BCUT2D eigenvalue weighted by Gasteiger charge is 2.11. The number of phenols is 1. The Kier molecular flexibility index (Phi) is 5.99. The molecular formula is C27H22O4. The lowest BCUT2D eigenvalue weighted by Crippen LogP contribution is -1.98. The van der Waals surface area contributed by atoms with Crippen LogP contribution in [0.15, 0.2) is 91.0 Å². The van der Waals surface area contributed by atoms with Gasteiger partial charge in [-0.2, -0.15) is 0 Å². The maximum atomic E-state index is 12.7. The van der Waals surface area contributed by atoms with Crippen LogP contribution in [0.3, 0.4) is 0 Å². The molecular weight excluding hydrogens is 388 g/mol. The Morgan fingerprint density at radius 2 is 1.71 bits per heavy atom. The van der Waals surface area contributed by atoms with E-state index in [9.17, 15) is 9.90 Å². The number of allylic oxidation sites excluding steroid dienone is 1. The Morgan fingerprint density at radius 3 is 2.48 bits per heavy atom. The molecule has 0 aliphatic heterocycles. The quantitative estimate of drug-likeness (QED) is 0.299. The summed E-state index contributed by atoms with van der Waals surface area (Å²) in [5, 5.41) is 12.4. The fourth-order valence-corrected chi connectivity index (χ4v) is 3.42. The van der Waals surface area contributed by atoms with Gasteiger partial charge in [-0.05, 0) is 46.7 Å². The molecule has 154 valence electrons. The van der Waals surface area contributed by atoms with Crippen molar-refractivity contribution in [2.24, 2.45) is 0 Å². The van der Waals surface area contributed by atoms with Gasteiger partial charge in [0, 0.05) is 11.6 Å². The molecule has 0 bridgehead atoms. The normalized spacial score (nSPS) is 11.0. The zero-order valence-electron chi connectivity index (χ0n) is 17.1. The summed E-state index contributed by atoms with van der Waals surface area (Å²) in [6.07, 6.45) is 3.17. The zero-order valence-corrected chi connectivity index (χ0v) is 17.1. The molecule has 0 spiro atoms. The Balaban J connectivity index is 1.54. The number of carbonyl (C=O) groups excluding carboxylic acids is 1. The van der Waals surface area contributed by atoms with Gasteiger partial charge in [-0.1, -0.05) is 60.7 Å². The van der Waals surface area contributed by atoms with Gasteiger partial charge in [-0.3, -0.25) is 4.79 Å². The lowest BCUT2D eigenvalue weighted by Gasteiger charge is -2.09. The third kappa shape index (κ3) is 4.59. The Labute approximate surface area is 181 Å². The molecule has 0 aliphatic carbocycles. The number of benzene rings is 4. The molecule has 0 saturated heterocycles. The van der Waals surface area contributed by atoms with E-state index in [1.807, 2.05) is 66.7 Å². The van der Waals surface area contributed by atoms with Gasteiger partial charge in [0.15, 0.2) is 5.78 Å². The van der Waals surface area contributed by atoms with E-state index in [0.717, 1.165) is 21.9 Å². The third-order valence-corrected chi connectivity index (χ3v) is 5.03. The minimum atomic E-state index is -0.304. The second-order valence-corrected chi connectivity index (χ2v) is 7.05. The van der Waals surface area contributed by atoms with Crippen molar-refractivity contribution >= 4 is 22.6 Å². The third-order valence-electron chi connectivity index (χ3n) is 5.03. The Bertz CT molecular complexity index is 1240. The lowest BCUT2D eigenvalue weighted by atomic mass is 10.0. The van der Waals surface area contributed by atoms with Gasteiger partial charge < -0.3 is 14.6 Å². The number of fused-ring (bicyclic) bond motifs is 1. The summed E-state index contributed by atoms with van der Waals surface area (Å²) in [6, 6.07) is 26.2. The minimum absolute atomic E-state index is 0.120. The van der Waals surface area contributed by atoms with Crippen LogP contribution in [-0.2, 0) is 6.61 Å². The molecule has 0 fully saturated rings. The Hall–Kier alpha value is -4.05. The maximum Gasteiger partial charge on any atom is 0.189 e. The first-order chi connectivity index (χ1) is 15.2. The molecule has 4 aromatic carbocycles. The molecule has 0 aromatic heterocycles. The highest BCUT2D eigenvalue weighted by atomic mass is 16.5. The van der Waals surface area contributed by atoms with Gasteiger partial charge in [-0.15, -0.1) is 0 Å². The van der Waals surface area contributed by atoms with Crippen molar-refractivity contribution < 1.29 is 19.4 Å². The van der Waals surface area contributed by atoms with Gasteiger partial charge in [0.1, 0.15) is 23.9 Å². The van der Waals surface area contributed by atoms with Gasteiger partial charge in [0.25, 0.3) is 0 Å². The zero-order chi connectivity index (χ0) is 21.6. The van der Waals surface area contributed by atoms with E-state index < -0.39 is 0 Å². The van der Waals surface area contributed by atoms with Crippen molar-refractivity contribution in [3.8, 4) is 17.2 Å². The van der Waals surface area contributed by atoms with Crippen molar-refractivity contribution in [3.63, 3.8) is 0 Å². The van der Waals surface area contributed by atoms with Crippen molar-refractivity contribution in [1.82, 2.24) is 0 Å². The van der Waals surface area contributed by atoms with Crippen LogP contribution in [0.25, 0.3) is 16.8 Å². The summed E-state index contributed by atoms with van der Waals surface area (Å²) in [7, 11) is 1.60. The number of rotatable bonds is 7. The minimum Gasteiger partial charge on any atom is -0.507 e. The smallest absolute Gasteiger partial charge is 0.189 e. The summed E-state index contributed by atoms with van der Waals surface area (Å²) in [4.78, 5) is 12.7. The SMILES string of the molecule is COc1ccc2ccccc2c1/C=C/C(=O)c1ccc(OCc2ccccc2)cc1O. The number of hydrogen-bond donors (Lipinski definition) is 1. The molecule has 0 atom stereocenters. The van der Waals surface area contributed by atoms with Crippen LogP contribution in [0.5, 0.6) is 17.2 Å². The average Bonchev–Trinajstić information content (AvgIpc) is 2.81. The molecule has 0 heterocycles. The van der Waals surface area contributed by atoms with E-state index in [2.05, 4.69) is 0 Å².